The number of carbonyl (C=O) groups excluding carboxylic acids is 1. The van der Waals surface area contributed by atoms with E-state index in [2.05, 4.69) is 15.6 Å². The van der Waals surface area contributed by atoms with Gasteiger partial charge in [0.15, 0.2) is 5.13 Å². The molecular formula is C13H22N4O3S2. The molecule has 0 bridgehead atoms. The molecule has 1 amide bonds. The number of carbonyl (C=O) groups is 1. The summed E-state index contributed by atoms with van der Waals surface area (Å²) >= 11 is 1.47. The second kappa shape index (κ2) is 7.49. The minimum atomic E-state index is -3.35. The molecule has 2 heterocycles. The van der Waals surface area contributed by atoms with E-state index in [4.69, 9.17) is 0 Å². The van der Waals surface area contributed by atoms with Crippen molar-refractivity contribution in [1.29, 1.82) is 0 Å². The fourth-order valence-electron chi connectivity index (χ4n) is 2.32. The van der Waals surface area contributed by atoms with Crippen molar-refractivity contribution >= 4 is 32.4 Å². The molecule has 7 nitrogen and oxygen atoms in total. The lowest BCUT2D eigenvalue weighted by Gasteiger charge is -2.20. The normalized spacial score (nSPS) is 16.9. The molecule has 1 aliphatic heterocycles. The van der Waals surface area contributed by atoms with Gasteiger partial charge in [-0.05, 0) is 38.8 Å². The molecule has 0 saturated carbocycles. The summed E-state index contributed by atoms with van der Waals surface area (Å²) in [7, 11) is -1.95. The van der Waals surface area contributed by atoms with Crippen LogP contribution in [0.4, 0.5) is 5.13 Å². The molecule has 1 saturated heterocycles. The first kappa shape index (κ1) is 17.3. The van der Waals surface area contributed by atoms with Crippen LogP contribution in [0.1, 0.15) is 30.6 Å². The summed E-state index contributed by atoms with van der Waals surface area (Å²) in [5.41, 5.74) is 0. The van der Waals surface area contributed by atoms with Gasteiger partial charge in [-0.3, -0.25) is 4.79 Å². The minimum absolute atomic E-state index is 0.0199. The number of hydrogen-bond acceptors (Lipinski definition) is 6. The predicted octanol–water partition coefficient (Wildman–Crippen LogP) is 0.830. The van der Waals surface area contributed by atoms with E-state index in [9.17, 15) is 13.2 Å². The maximum absolute atomic E-state index is 11.9. The highest BCUT2D eigenvalue weighted by Crippen LogP contribution is 2.31. The molecule has 2 rings (SSSR count). The molecule has 1 aromatic heterocycles. The fourth-order valence-corrected chi connectivity index (χ4v) is 4.08. The summed E-state index contributed by atoms with van der Waals surface area (Å²) in [5.74, 6) is 0.103. The van der Waals surface area contributed by atoms with E-state index in [1.54, 1.807) is 6.92 Å². The quantitative estimate of drug-likeness (QED) is 0.796. The Morgan fingerprint density at radius 2 is 2.18 bits per heavy atom. The largest absolute Gasteiger partial charge is 0.317 e. The Labute approximate surface area is 135 Å². The highest BCUT2D eigenvalue weighted by atomic mass is 32.2. The van der Waals surface area contributed by atoms with Crippen molar-refractivity contribution in [3.63, 3.8) is 0 Å². The zero-order valence-corrected chi connectivity index (χ0v) is 14.5. The van der Waals surface area contributed by atoms with Crippen molar-refractivity contribution in [2.45, 2.75) is 25.7 Å². The van der Waals surface area contributed by atoms with Gasteiger partial charge in [-0.15, -0.1) is 11.3 Å². The number of aromatic nitrogens is 1. The van der Waals surface area contributed by atoms with E-state index in [1.807, 2.05) is 6.20 Å². The van der Waals surface area contributed by atoms with Crippen LogP contribution in [0.5, 0.6) is 0 Å². The van der Waals surface area contributed by atoms with Gasteiger partial charge in [-0.25, -0.2) is 13.4 Å². The van der Waals surface area contributed by atoms with Gasteiger partial charge in [0.2, 0.25) is 15.9 Å². The van der Waals surface area contributed by atoms with Crippen molar-refractivity contribution < 1.29 is 13.2 Å². The molecule has 1 aromatic rings. The fraction of sp³-hybridized carbons (Fsp3) is 0.692. The highest BCUT2D eigenvalue weighted by Gasteiger charge is 2.20. The topological polar surface area (TPSA) is 91.4 Å². The van der Waals surface area contributed by atoms with Crippen LogP contribution in [0.2, 0.25) is 0 Å². The van der Waals surface area contributed by atoms with Crippen LogP contribution in [0.3, 0.4) is 0 Å². The lowest BCUT2D eigenvalue weighted by Crippen LogP contribution is -2.35. The number of rotatable bonds is 6. The summed E-state index contributed by atoms with van der Waals surface area (Å²) in [4.78, 5) is 17.3. The Morgan fingerprint density at radius 3 is 2.82 bits per heavy atom. The Hall–Kier alpha value is -1.03. The zero-order valence-electron chi connectivity index (χ0n) is 12.8. The maximum Gasteiger partial charge on any atom is 0.241 e. The van der Waals surface area contributed by atoms with Gasteiger partial charge in [0.05, 0.1) is 12.3 Å². The van der Waals surface area contributed by atoms with Crippen LogP contribution >= 0.6 is 11.3 Å². The van der Waals surface area contributed by atoms with Gasteiger partial charge in [0.1, 0.15) is 0 Å². The second-order valence-electron chi connectivity index (χ2n) is 5.30. The van der Waals surface area contributed by atoms with Crippen LogP contribution in [0, 0.1) is 0 Å². The first-order valence-electron chi connectivity index (χ1n) is 7.32. The molecule has 1 fully saturated rings. The smallest absolute Gasteiger partial charge is 0.241 e. The second-order valence-corrected chi connectivity index (χ2v) is 8.72. The van der Waals surface area contributed by atoms with Crippen molar-refractivity contribution in [3.05, 3.63) is 11.1 Å². The Balaban J connectivity index is 1.91. The molecule has 0 aromatic carbocycles. The molecule has 0 radical (unpaired) electrons. The number of anilines is 1. The number of amides is 1. The maximum atomic E-state index is 11.9. The molecule has 0 spiro atoms. The predicted molar refractivity (Wildman–Crippen MR) is 87.7 cm³/mol. The SMILES string of the molecule is CCS(=O)(=O)N(C)CC(=O)Nc1ncc(C2CCNCC2)s1. The van der Waals surface area contributed by atoms with Gasteiger partial charge < -0.3 is 10.6 Å². The number of hydrogen-bond donors (Lipinski definition) is 2. The van der Waals surface area contributed by atoms with Gasteiger partial charge in [0.25, 0.3) is 0 Å². The van der Waals surface area contributed by atoms with E-state index in [-0.39, 0.29) is 18.2 Å². The summed E-state index contributed by atoms with van der Waals surface area (Å²) in [5, 5.41) is 6.52. The van der Waals surface area contributed by atoms with Crippen molar-refractivity contribution in [1.82, 2.24) is 14.6 Å². The van der Waals surface area contributed by atoms with E-state index in [0.29, 0.717) is 11.0 Å². The van der Waals surface area contributed by atoms with Crippen LogP contribution in [0.15, 0.2) is 6.20 Å². The Morgan fingerprint density at radius 1 is 1.50 bits per heavy atom. The number of likely N-dealkylation sites (N-methyl/N-ethyl adjacent to an activating group) is 1. The third-order valence-corrected chi connectivity index (χ3v) is 6.60. The average molecular weight is 346 g/mol. The van der Waals surface area contributed by atoms with Gasteiger partial charge in [0, 0.05) is 18.1 Å². The number of thiazole rings is 1. The van der Waals surface area contributed by atoms with E-state index < -0.39 is 10.0 Å². The third kappa shape index (κ3) is 4.48. The van der Waals surface area contributed by atoms with E-state index >= 15 is 0 Å². The van der Waals surface area contributed by atoms with Gasteiger partial charge >= 0.3 is 0 Å². The highest BCUT2D eigenvalue weighted by molar-refractivity contribution is 7.89. The lowest BCUT2D eigenvalue weighted by molar-refractivity contribution is -0.116. The van der Waals surface area contributed by atoms with Crippen molar-refractivity contribution in [2.24, 2.45) is 0 Å². The van der Waals surface area contributed by atoms with Crippen LogP contribution in [-0.4, -0.2) is 56.0 Å². The number of sulfonamides is 1. The van der Waals surface area contributed by atoms with Crippen LogP contribution in [-0.2, 0) is 14.8 Å². The standard InChI is InChI=1S/C13H22N4O3S2/c1-3-22(19,20)17(2)9-12(18)16-13-15-8-11(21-13)10-4-6-14-7-5-10/h8,10,14H,3-7,9H2,1-2H3,(H,15,16,18). The van der Waals surface area contributed by atoms with Gasteiger partial charge in [-0.2, -0.15) is 4.31 Å². The molecule has 2 N–H and O–H groups in total. The molecule has 9 heteroatoms. The molecule has 22 heavy (non-hydrogen) atoms. The van der Waals surface area contributed by atoms with Crippen molar-refractivity contribution in [3.8, 4) is 0 Å². The zero-order chi connectivity index (χ0) is 16.2. The van der Waals surface area contributed by atoms with Crippen molar-refractivity contribution in [2.75, 3.05) is 37.8 Å². The number of nitrogens with one attached hydrogen (secondary N) is 2. The minimum Gasteiger partial charge on any atom is -0.317 e. The van der Waals surface area contributed by atoms with E-state index in [1.165, 1.54) is 23.3 Å². The first-order valence-corrected chi connectivity index (χ1v) is 9.75. The average Bonchev–Trinajstić information content (AvgIpc) is 2.96. The third-order valence-electron chi connectivity index (χ3n) is 3.72. The summed E-state index contributed by atoms with van der Waals surface area (Å²) in [6.07, 6.45) is 3.96. The first-order chi connectivity index (χ1) is 10.4. The Kier molecular flexibility index (Phi) is 5.90. The Bertz CT molecular complexity index is 609. The van der Waals surface area contributed by atoms with Crippen LogP contribution < -0.4 is 10.6 Å². The molecule has 0 aliphatic carbocycles. The molecule has 0 unspecified atom stereocenters. The molecule has 124 valence electrons. The molecular weight excluding hydrogens is 324 g/mol. The molecule has 0 atom stereocenters. The van der Waals surface area contributed by atoms with Crippen LogP contribution in [0.25, 0.3) is 0 Å². The summed E-state index contributed by atoms with van der Waals surface area (Å²) in [6, 6.07) is 0. The summed E-state index contributed by atoms with van der Waals surface area (Å²) in [6.45, 7) is 3.36. The lowest BCUT2D eigenvalue weighted by atomic mass is 9.97. The van der Waals surface area contributed by atoms with Gasteiger partial charge in [-0.1, -0.05) is 0 Å². The number of piperidine rings is 1. The number of nitrogens with zero attached hydrogens (tertiary/aromatic N) is 2. The monoisotopic (exact) mass is 346 g/mol. The van der Waals surface area contributed by atoms with E-state index in [0.717, 1.165) is 30.2 Å². The summed E-state index contributed by atoms with van der Waals surface area (Å²) < 4.78 is 24.3. The molecule has 1 aliphatic rings.